The molecule has 146 valence electrons. The molecular formula is C23H27N3O2. The fourth-order valence-corrected chi connectivity index (χ4v) is 3.69. The SMILES string of the molecule is Cc1ccc(NC(=O)/C(C#N)=C/c2cc(C)n(CC3CCCO3)c2C)c(C)c1. The normalized spacial score (nSPS) is 16.8. The number of hydrogen-bond donors (Lipinski definition) is 1. The maximum absolute atomic E-state index is 12.6. The molecule has 0 radical (unpaired) electrons. The van der Waals surface area contributed by atoms with E-state index in [1.807, 2.05) is 58.0 Å². The molecule has 1 atom stereocenters. The van der Waals surface area contributed by atoms with Crippen LogP contribution in [0.5, 0.6) is 0 Å². The average Bonchev–Trinajstić information content (AvgIpc) is 3.26. The second-order valence-corrected chi connectivity index (χ2v) is 7.51. The van der Waals surface area contributed by atoms with Crippen LogP contribution in [-0.2, 0) is 16.1 Å². The molecule has 2 heterocycles. The first kappa shape index (κ1) is 19.9. The molecule has 1 aliphatic rings. The summed E-state index contributed by atoms with van der Waals surface area (Å²) in [5.74, 6) is -0.390. The van der Waals surface area contributed by atoms with Crippen molar-refractivity contribution in [3.63, 3.8) is 0 Å². The van der Waals surface area contributed by atoms with E-state index in [2.05, 4.69) is 9.88 Å². The molecule has 1 saturated heterocycles. The highest BCUT2D eigenvalue weighted by atomic mass is 16.5. The fourth-order valence-electron chi connectivity index (χ4n) is 3.69. The van der Waals surface area contributed by atoms with Crippen molar-refractivity contribution >= 4 is 17.7 Å². The van der Waals surface area contributed by atoms with Gasteiger partial charge in [-0.05, 0) is 69.9 Å². The molecule has 2 aromatic rings. The molecule has 0 saturated carbocycles. The molecule has 0 bridgehead atoms. The topological polar surface area (TPSA) is 67.0 Å². The molecule has 1 N–H and O–H groups in total. The van der Waals surface area contributed by atoms with E-state index >= 15 is 0 Å². The van der Waals surface area contributed by atoms with E-state index in [1.165, 1.54) is 0 Å². The summed E-state index contributed by atoms with van der Waals surface area (Å²) in [4.78, 5) is 12.6. The third-order valence-electron chi connectivity index (χ3n) is 5.32. The van der Waals surface area contributed by atoms with E-state index < -0.39 is 5.91 Å². The second-order valence-electron chi connectivity index (χ2n) is 7.51. The van der Waals surface area contributed by atoms with Crippen molar-refractivity contribution < 1.29 is 9.53 Å². The minimum absolute atomic E-state index is 0.0948. The van der Waals surface area contributed by atoms with Crippen LogP contribution in [0.3, 0.4) is 0 Å². The largest absolute Gasteiger partial charge is 0.376 e. The molecule has 1 amide bonds. The van der Waals surface area contributed by atoms with Gasteiger partial charge in [-0.15, -0.1) is 0 Å². The number of aromatic nitrogens is 1. The van der Waals surface area contributed by atoms with Gasteiger partial charge in [-0.3, -0.25) is 4.79 Å². The Morgan fingerprint density at radius 1 is 1.32 bits per heavy atom. The lowest BCUT2D eigenvalue weighted by Crippen LogP contribution is -2.17. The number of carbonyl (C=O) groups is 1. The first-order valence-corrected chi connectivity index (χ1v) is 9.67. The summed E-state index contributed by atoms with van der Waals surface area (Å²) in [7, 11) is 0. The van der Waals surface area contributed by atoms with E-state index in [0.29, 0.717) is 0 Å². The van der Waals surface area contributed by atoms with Gasteiger partial charge in [0.2, 0.25) is 0 Å². The highest BCUT2D eigenvalue weighted by molar-refractivity contribution is 6.10. The summed E-state index contributed by atoms with van der Waals surface area (Å²) < 4.78 is 7.96. The number of nitrogens with one attached hydrogen (secondary N) is 1. The minimum atomic E-state index is -0.390. The van der Waals surface area contributed by atoms with Gasteiger partial charge in [0, 0.05) is 30.2 Å². The van der Waals surface area contributed by atoms with E-state index in [1.54, 1.807) is 6.08 Å². The van der Waals surface area contributed by atoms with E-state index in [0.717, 1.165) is 59.8 Å². The Hall–Kier alpha value is -2.84. The van der Waals surface area contributed by atoms with Crippen molar-refractivity contribution in [3.05, 3.63) is 57.9 Å². The standard InChI is InChI=1S/C23H27N3O2/c1-15-7-8-22(16(2)10-15)25-23(27)20(13-24)12-19-11-17(3)26(18(19)4)14-21-6-5-9-28-21/h7-8,10-12,21H,5-6,9,14H2,1-4H3,(H,25,27)/b20-12+. The molecule has 1 unspecified atom stereocenters. The Morgan fingerprint density at radius 3 is 2.75 bits per heavy atom. The number of nitrogens with zero attached hydrogens (tertiary/aromatic N) is 2. The van der Waals surface area contributed by atoms with Gasteiger partial charge in [-0.2, -0.15) is 5.26 Å². The molecule has 1 aromatic heterocycles. The van der Waals surface area contributed by atoms with Crippen molar-refractivity contribution in [1.29, 1.82) is 5.26 Å². The molecule has 3 rings (SSSR count). The van der Waals surface area contributed by atoms with Gasteiger partial charge in [0.1, 0.15) is 11.6 Å². The number of aryl methyl sites for hydroxylation is 3. The van der Waals surface area contributed by atoms with E-state index in [-0.39, 0.29) is 11.7 Å². The quantitative estimate of drug-likeness (QED) is 0.618. The first-order valence-electron chi connectivity index (χ1n) is 9.67. The Morgan fingerprint density at radius 2 is 2.11 bits per heavy atom. The molecule has 1 aromatic carbocycles. The highest BCUT2D eigenvalue weighted by Gasteiger charge is 2.19. The van der Waals surface area contributed by atoms with E-state index in [9.17, 15) is 10.1 Å². The van der Waals surface area contributed by atoms with Gasteiger partial charge >= 0.3 is 0 Å². The third-order valence-corrected chi connectivity index (χ3v) is 5.32. The van der Waals surface area contributed by atoms with Gasteiger partial charge in [-0.25, -0.2) is 0 Å². The number of carbonyl (C=O) groups excluding carboxylic acids is 1. The van der Waals surface area contributed by atoms with Crippen molar-refractivity contribution in [3.8, 4) is 6.07 Å². The lowest BCUT2D eigenvalue weighted by atomic mass is 10.1. The monoisotopic (exact) mass is 377 g/mol. The van der Waals surface area contributed by atoms with Crippen LogP contribution in [0.25, 0.3) is 6.08 Å². The summed E-state index contributed by atoms with van der Waals surface area (Å²) in [5.41, 5.74) is 5.96. The number of rotatable bonds is 5. The number of ether oxygens (including phenoxy) is 1. The van der Waals surface area contributed by atoms with Gasteiger partial charge in [0.25, 0.3) is 5.91 Å². The predicted molar refractivity (Wildman–Crippen MR) is 111 cm³/mol. The summed E-state index contributed by atoms with van der Waals surface area (Å²) in [6.45, 7) is 9.64. The molecular weight excluding hydrogens is 350 g/mol. The van der Waals surface area contributed by atoms with Gasteiger partial charge in [0.05, 0.1) is 6.10 Å². The number of nitriles is 1. The first-order chi connectivity index (χ1) is 13.4. The summed E-state index contributed by atoms with van der Waals surface area (Å²) >= 11 is 0. The number of benzene rings is 1. The van der Waals surface area contributed by atoms with Crippen molar-refractivity contribution in [1.82, 2.24) is 4.57 Å². The van der Waals surface area contributed by atoms with Crippen LogP contribution < -0.4 is 5.32 Å². The van der Waals surface area contributed by atoms with Crippen molar-refractivity contribution in [2.75, 3.05) is 11.9 Å². The van der Waals surface area contributed by atoms with E-state index in [4.69, 9.17) is 4.74 Å². The lowest BCUT2D eigenvalue weighted by molar-refractivity contribution is -0.112. The molecule has 1 fully saturated rings. The number of anilines is 1. The zero-order valence-corrected chi connectivity index (χ0v) is 17.0. The number of hydrogen-bond acceptors (Lipinski definition) is 3. The van der Waals surface area contributed by atoms with Crippen LogP contribution in [0, 0.1) is 39.0 Å². The van der Waals surface area contributed by atoms with Crippen LogP contribution in [0.15, 0.2) is 29.8 Å². The average molecular weight is 377 g/mol. The third kappa shape index (κ3) is 4.35. The molecule has 5 nitrogen and oxygen atoms in total. The molecule has 28 heavy (non-hydrogen) atoms. The summed E-state index contributed by atoms with van der Waals surface area (Å²) in [6, 6.07) is 9.88. The Labute approximate surface area is 166 Å². The van der Waals surface area contributed by atoms with Gasteiger partial charge in [-0.1, -0.05) is 17.7 Å². The predicted octanol–water partition coefficient (Wildman–Crippen LogP) is 4.45. The maximum atomic E-state index is 12.6. The van der Waals surface area contributed by atoms with Crippen LogP contribution in [0.2, 0.25) is 0 Å². The van der Waals surface area contributed by atoms with Crippen molar-refractivity contribution in [2.45, 2.75) is 53.2 Å². The molecule has 5 heteroatoms. The summed E-state index contributed by atoms with van der Waals surface area (Å²) in [6.07, 6.45) is 4.09. The van der Waals surface area contributed by atoms with Crippen LogP contribution >= 0.6 is 0 Å². The van der Waals surface area contributed by atoms with Crippen molar-refractivity contribution in [2.24, 2.45) is 0 Å². The summed E-state index contributed by atoms with van der Waals surface area (Å²) in [5, 5.41) is 12.4. The second kappa shape index (κ2) is 8.45. The molecule has 0 aliphatic carbocycles. The smallest absolute Gasteiger partial charge is 0.266 e. The zero-order chi connectivity index (χ0) is 20.3. The van der Waals surface area contributed by atoms with Crippen LogP contribution in [-0.4, -0.2) is 23.2 Å². The lowest BCUT2D eigenvalue weighted by Gasteiger charge is -2.14. The molecule has 0 spiro atoms. The maximum Gasteiger partial charge on any atom is 0.266 e. The van der Waals surface area contributed by atoms with Gasteiger partial charge in [0.15, 0.2) is 0 Å². The molecule has 1 aliphatic heterocycles. The van der Waals surface area contributed by atoms with Crippen LogP contribution in [0.4, 0.5) is 5.69 Å². The van der Waals surface area contributed by atoms with Gasteiger partial charge < -0.3 is 14.6 Å². The number of amides is 1. The Balaban J connectivity index is 1.82. The minimum Gasteiger partial charge on any atom is -0.376 e. The van der Waals surface area contributed by atoms with Crippen LogP contribution in [0.1, 0.15) is 40.9 Å². The Kier molecular flexibility index (Phi) is 6.01. The fraction of sp³-hybridized carbons (Fsp3) is 0.391. The zero-order valence-electron chi connectivity index (χ0n) is 17.0. The Bertz CT molecular complexity index is 957. The highest BCUT2D eigenvalue weighted by Crippen LogP contribution is 2.23.